The van der Waals surface area contributed by atoms with Gasteiger partial charge in [-0.1, -0.05) is 15.9 Å². The molecule has 7 heteroatoms. The fourth-order valence-electron chi connectivity index (χ4n) is 3.16. The zero-order chi connectivity index (χ0) is 16.6. The Bertz CT molecular complexity index is 649. The Morgan fingerprint density at radius 2 is 2.30 bits per heavy atom. The number of carbonyl (C=O) groups excluding carboxylic acids is 1. The molecule has 2 aliphatic rings. The van der Waals surface area contributed by atoms with Gasteiger partial charge in [-0.3, -0.25) is 0 Å². The van der Waals surface area contributed by atoms with Crippen LogP contribution in [0.1, 0.15) is 12.0 Å². The molecular formula is C16H20BrN3O3. The number of guanidine groups is 1. The monoisotopic (exact) mass is 381 g/mol. The summed E-state index contributed by atoms with van der Waals surface area (Å²) in [7, 11) is 3.60. The Morgan fingerprint density at radius 1 is 1.52 bits per heavy atom. The largest absolute Gasteiger partial charge is 0.489 e. The van der Waals surface area contributed by atoms with E-state index >= 15 is 0 Å². The Labute approximate surface area is 143 Å². The lowest BCUT2D eigenvalue weighted by molar-refractivity contribution is -0.124. The van der Waals surface area contributed by atoms with Gasteiger partial charge in [0.15, 0.2) is 17.8 Å². The molecule has 0 aliphatic carbocycles. The summed E-state index contributed by atoms with van der Waals surface area (Å²) in [5.41, 5.74) is 5.67. The number of rotatable bonds is 2. The van der Waals surface area contributed by atoms with Crippen molar-refractivity contribution in [2.45, 2.75) is 18.1 Å². The number of ether oxygens (including phenoxy) is 2. The molecule has 3 unspecified atom stereocenters. The molecule has 0 amide bonds. The molecule has 2 heterocycles. The van der Waals surface area contributed by atoms with Gasteiger partial charge in [-0.05, 0) is 18.2 Å². The lowest BCUT2D eigenvalue weighted by atomic mass is 9.73. The molecule has 124 valence electrons. The zero-order valence-corrected chi connectivity index (χ0v) is 14.7. The van der Waals surface area contributed by atoms with Crippen LogP contribution in [-0.2, 0) is 15.1 Å². The highest BCUT2D eigenvalue weighted by Gasteiger charge is 2.52. The zero-order valence-electron chi connectivity index (χ0n) is 13.2. The van der Waals surface area contributed by atoms with E-state index in [4.69, 9.17) is 15.2 Å². The third-order valence-corrected chi connectivity index (χ3v) is 4.94. The van der Waals surface area contributed by atoms with Crippen LogP contribution in [0.15, 0.2) is 27.7 Å². The van der Waals surface area contributed by atoms with E-state index in [-0.39, 0.29) is 12.0 Å². The quantitative estimate of drug-likeness (QED) is 0.477. The smallest absolute Gasteiger partial charge is 0.192 e. The van der Waals surface area contributed by atoms with Crippen LogP contribution in [0.4, 0.5) is 0 Å². The third kappa shape index (κ3) is 2.72. The van der Waals surface area contributed by atoms with Crippen molar-refractivity contribution in [2.24, 2.45) is 16.6 Å². The molecule has 0 radical (unpaired) electrons. The van der Waals surface area contributed by atoms with Crippen molar-refractivity contribution in [3.8, 4) is 5.75 Å². The first kappa shape index (κ1) is 16.3. The van der Waals surface area contributed by atoms with Crippen LogP contribution in [0.25, 0.3) is 0 Å². The number of halogens is 1. The Balaban J connectivity index is 2.22. The average Bonchev–Trinajstić information content (AvgIpc) is 2.55. The molecule has 2 N–H and O–H groups in total. The Morgan fingerprint density at radius 3 is 3.00 bits per heavy atom. The number of hydrogen-bond donors (Lipinski definition) is 1. The van der Waals surface area contributed by atoms with Gasteiger partial charge in [0, 0.05) is 30.6 Å². The molecule has 1 aromatic carbocycles. The van der Waals surface area contributed by atoms with Crippen molar-refractivity contribution in [1.82, 2.24) is 4.90 Å². The standard InChI is InChI=1S/C16H20BrN3O3/c1-20(2)15(18)19-16(9-21)11-7-10(17)3-4-13(11)23-14-5-6-22-8-12(14)16/h3-4,7,9,12,14H,5-6,8H2,1-2H3,(H2,18,19). The second-order valence-corrected chi connectivity index (χ2v) is 6.99. The molecule has 3 atom stereocenters. The van der Waals surface area contributed by atoms with Crippen molar-refractivity contribution in [1.29, 1.82) is 0 Å². The molecule has 3 rings (SSSR count). The van der Waals surface area contributed by atoms with Gasteiger partial charge in [0.1, 0.15) is 11.9 Å². The number of fused-ring (bicyclic) bond motifs is 2. The Hall–Kier alpha value is -1.60. The van der Waals surface area contributed by atoms with Crippen LogP contribution in [0, 0.1) is 5.92 Å². The van der Waals surface area contributed by atoms with Gasteiger partial charge in [-0.25, -0.2) is 4.99 Å². The van der Waals surface area contributed by atoms with Gasteiger partial charge < -0.3 is 24.9 Å². The summed E-state index contributed by atoms with van der Waals surface area (Å²) in [5.74, 6) is 0.780. The predicted octanol–water partition coefficient (Wildman–Crippen LogP) is 1.52. The van der Waals surface area contributed by atoms with E-state index < -0.39 is 5.54 Å². The summed E-state index contributed by atoms with van der Waals surface area (Å²) in [6.45, 7) is 1.04. The molecule has 6 nitrogen and oxygen atoms in total. The molecule has 1 aromatic rings. The number of nitrogens with two attached hydrogens (primary N) is 1. The van der Waals surface area contributed by atoms with E-state index in [0.29, 0.717) is 24.9 Å². The lowest BCUT2D eigenvalue weighted by Gasteiger charge is -2.45. The SMILES string of the molecule is CN(C)C(N)=NC1(C=O)c2cc(Br)ccc2OC2CCOCC21. The van der Waals surface area contributed by atoms with Gasteiger partial charge in [0.05, 0.1) is 19.1 Å². The summed E-state index contributed by atoms with van der Waals surface area (Å²) in [4.78, 5) is 18.6. The van der Waals surface area contributed by atoms with Crippen LogP contribution in [0.3, 0.4) is 0 Å². The highest BCUT2D eigenvalue weighted by molar-refractivity contribution is 9.10. The summed E-state index contributed by atoms with van der Waals surface area (Å²) >= 11 is 3.46. The van der Waals surface area contributed by atoms with Crippen molar-refractivity contribution < 1.29 is 14.3 Å². The number of hydrogen-bond acceptors (Lipinski definition) is 4. The minimum Gasteiger partial charge on any atom is -0.489 e. The van der Waals surface area contributed by atoms with Crippen molar-refractivity contribution in [2.75, 3.05) is 27.3 Å². The van der Waals surface area contributed by atoms with Crippen LogP contribution < -0.4 is 10.5 Å². The van der Waals surface area contributed by atoms with Crippen LogP contribution in [0.5, 0.6) is 5.75 Å². The van der Waals surface area contributed by atoms with Crippen molar-refractivity contribution >= 4 is 28.2 Å². The first-order chi connectivity index (χ1) is 11.0. The van der Waals surface area contributed by atoms with Crippen LogP contribution in [0.2, 0.25) is 0 Å². The number of carbonyl (C=O) groups is 1. The molecule has 0 saturated carbocycles. The topological polar surface area (TPSA) is 77.2 Å². The van der Waals surface area contributed by atoms with E-state index in [1.54, 1.807) is 19.0 Å². The first-order valence-corrected chi connectivity index (χ1v) is 8.30. The highest BCUT2D eigenvalue weighted by Crippen LogP contribution is 2.47. The summed E-state index contributed by atoms with van der Waals surface area (Å²) in [5, 5.41) is 0. The van der Waals surface area contributed by atoms with Crippen LogP contribution >= 0.6 is 15.9 Å². The molecule has 0 aromatic heterocycles. The number of nitrogens with zero attached hydrogens (tertiary/aromatic N) is 2. The van der Waals surface area contributed by atoms with Gasteiger partial charge in [0.25, 0.3) is 0 Å². The van der Waals surface area contributed by atoms with Gasteiger partial charge in [0.2, 0.25) is 0 Å². The van der Waals surface area contributed by atoms with E-state index in [9.17, 15) is 4.79 Å². The molecule has 0 spiro atoms. The highest BCUT2D eigenvalue weighted by atomic mass is 79.9. The summed E-state index contributed by atoms with van der Waals surface area (Å²) in [6, 6.07) is 5.64. The van der Waals surface area contributed by atoms with Gasteiger partial charge in [-0.2, -0.15) is 0 Å². The molecule has 23 heavy (non-hydrogen) atoms. The van der Waals surface area contributed by atoms with Gasteiger partial charge >= 0.3 is 0 Å². The molecule has 1 fully saturated rings. The molecular weight excluding hydrogens is 362 g/mol. The summed E-state index contributed by atoms with van der Waals surface area (Å²) in [6.07, 6.45) is 1.50. The second-order valence-electron chi connectivity index (χ2n) is 6.07. The second kappa shape index (κ2) is 6.13. The van der Waals surface area contributed by atoms with Crippen molar-refractivity contribution in [3.63, 3.8) is 0 Å². The summed E-state index contributed by atoms with van der Waals surface area (Å²) < 4.78 is 12.6. The van der Waals surface area contributed by atoms with E-state index in [2.05, 4.69) is 20.9 Å². The van der Waals surface area contributed by atoms with Crippen LogP contribution in [-0.4, -0.2) is 50.6 Å². The Kier molecular flexibility index (Phi) is 4.33. The first-order valence-electron chi connectivity index (χ1n) is 7.51. The number of benzene rings is 1. The fourth-order valence-corrected chi connectivity index (χ4v) is 3.52. The average molecular weight is 382 g/mol. The minimum atomic E-state index is -1.10. The maximum atomic E-state index is 12.3. The third-order valence-electron chi connectivity index (χ3n) is 4.45. The molecule has 0 bridgehead atoms. The van der Waals surface area contributed by atoms with E-state index in [0.717, 1.165) is 22.7 Å². The van der Waals surface area contributed by atoms with Crippen molar-refractivity contribution in [3.05, 3.63) is 28.2 Å². The maximum absolute atomic E-state index is 12.3. The van der Waals surface area contributed by atoms with E-state index in [1.165, 1.54) is 0 Å². The normalized spacial score (nSPS) is 30.0. The molecule has 1 saturated heterocycles. The predicted molar refractivity (Wildman–Crippen MR) is 90.5 cm³/mol. The fraction of sp³-hybridized carbons (Fsp3) is 0.500. The van der Waals surface area contributed by atoms with Gasteiger partial charge in [-0.15, -0.1) is 0 Å². The minimum absolute atomic E-state index is 0.110. The number of aliphatic imine (C=N–C) groups is 1. The number of aldehydes is 1. The maximum Gasteiger partial charge on any atom is 0.192 e. The lowest BCUT2D eigenvalue weighted by Crippen LogP contribution is -2.54. The molecule has 2 aliphatic heterocycles. The van der Waals surface area contributed by atoms with E-state index in [1.807, 2.05) is 18.2 Å².